The van der Waals surface area contributed by atoms with Crippen LogP contribution >= 0.6 is 11.6 Å². The summed E-state index contributed by atoms with van der Waals surface area (Å²) in [5.74, 6) is -0.960. The summed E-state index contributed by atoms with van der Waals surface area (Å²) in [7, 11) is -3.82. The minimum atomic E-state index is -5.05. The maximum atomic E-state index is 15.9. The number of benzene rings is 1. The lowest BCUT2D eigenvalue weighted by Crippen LogP contribution is -2.32. The maximum Gasteiger partial charge on any atom is 0.407 e. The number of amides is 1. The Morgan fingerprint density at radius 1 is 1.36 bits per heavy atom. The normalized spacial score (nSPS) is 17.6. The van der Waals surface area contributed by atoms with E-state index in [0.717, 1.165) is 23.7 Å². The number of ether oxygens (including phenoxy) is 1. The first-order valence-electron chi connectivity index (χ1n) is 14.0. The standard InChI is InChI=1S/C23H28ClFN6O4S/c1-13(2)31-12-17(18-8-9-26-20(28-18)7-6-14(3)27-23(32)35-4)22(29-31)16-10-15(24)11-19(21(16)25)30-36(5,33)34/h8-14,30H,6-7H2,1-5H3,(H,27,32)/t14-/m0/s1/i1D3,5D3,13D/t13?,14-. The van der Waals surface area contributed by atoms with Crippen LogP contribution in [0.4, 0.5) is 14.9 Å². The van der Waals surface area contributed by atoms with Gasteiger partial charge in [-0.25, -0.2) is 27.6 Å². The molecule has 0 saturated heterocycles. The third-order valence-electron chi connectivity index (χ3n) is 4.93. The van der Waals surface area contributed by atoms with Gasteiger partial charge in [-0.2, -0.15) is 5.10 Å². The number of alkyl carbamates (subject to hydrolysis) is 1. The summed E-state index contributed by atoms with van der Waals surface area (Å²) >= 11 is 6.16. The number of carbonyl (C=O) groups excluding carboxylic acids is 1. The van der Waals surface area contributed by atoms with Gasteiger partial charge in [0.15, 0.2) is 5.82 Å². The molecule has 0 fully saturated rings. The Labute approximate surface area is 224 Å². The van der Waals surface area contributed by atoms with Crippen LogP contribution in [0.25, 0.3) is 22.5 Å². The molecule has 2 heterocycles. The number of aryl methyl sites for hydroxylation is 1. The van der Waals surface area contributed by atoms with E-state index in [-0.39, 0.29) is 34.4 Å². The molecule has 2 N–H and O–H groups in total. The van der Waals surface area contributed by atoms with Gasteiger partial charge < -0.3 is 10.1 Å². The number of methoxy groups -OCH3 is 1. The average molecular weight is 546 g/mol. The van der Waals surface area contributed by atoms with Crippen molar-refractivity contribution in [2.75, 3.05) is 18.0 Å². The van der Waals surface area contributed by atoms with Crippen molar-refractivity contribution < 1.29 is 31.9 Å². The van der Waals surface area contributed by atoms with Crippen LogP contribution in [-0.4, -0.2) is 53.6 Å². The molecule has 0 bridgehead atoms. The second kappa shape index (κ2) is 11.2. The number of nitrogens with one attached hydrogen (secondary N) is 2. The first-order chi connectivity index (χ1) is 19.7. The molecular weight excluding hydrogens is 511 g/mol. The highest BCUT2D eigenvalue weighted by molar-refractivity contribution is 7.92. The second-order valence-electron chi connectivity index (χ2n) is 7.78. The number of rotatable bonds is 9. The minimum Gasteiger partial charge on any atom is -0.453 e. The number of hydrogen-bond donors (Lipinski definition) is 2. The fourth-order valence-corrected chi connectivity index (χ4v) is 3.92. The first-order valence-corrected chi connectivity index (χ1v) is 12.3. The summed E-state index contributed by atoms with van der Waals surface area (Å²) in [6.45, 7) is -0.0702. The molecule has 1 unspecified atom stereocenters. The lowest BCUT2D eigenvalue weighted by molar-refractivity contribution is 0.167. The Hall–Kier alpha value is -3.25. The number of carbonyl (C=O) groups is 1. The molecule has 13 heteroatoms. The summed E-state index contributed by atoms with van der Waals surface area (Å²) in [5, 5.41) is 6.59. The molecule has 0 aliphatic rings. The van der Waals surface area contributed by atoms with E-state index in [9.17, 15) is 13.2 Å². The van der Waals surface area contributed by atoms with Crippen molar-refractivity contribution in [1.29, 1.82) is 0 Å². The molecule has 10 nitrogen and oxygen atoms in total. The van der Waals surface area contributed by atoms with Crippen LogP contribution in [0.5, 0.6) is 0 Å². The van der Waals surface area contributed by atoms with Gasteiger partial charge in [0.1, 0.15) is 11.5 Å². The molecule has 2 atom stereocenters. The van der Waals surface area contributed by atoms with Gasteiger partial charge in [0.05, 0.1) is 26.0 Å². The van der Waals surface area contributed by atoms with Crippen LogP contribution in [0.3, 0.4) is 0 Å². The Bertz CT molecular complexity index is 1620. The van der Waals surface area contributed by atoms with E-state index in [2.05, 4.69) is 25.1 Å². The van der Waals surface area contributed by atoms with Crippen LogP contribution in [-0.2, 0) is 21.2 Å². The van der Waals surface area contributed by atoms with E-state index in [4.69, 9.17) is 21.2 Å². The van der Waals surface area contributed by atoms with Crippen LogP contribution in [0, 0.1) is 5.82 Å². The topological polar surface area (TPSA) is 128 Å². The zero-order valence-electron chi connectivity index (χ0n) is 26.5. The summed E-state index contributed by atoms with van der Waals surface area (Å²) < 4.78 is 101. The summed E-state index contributed by atoms with van der Waals surface area (Å²) in [5.41, 5.74) is -1.30. The van der Waals surface area contributed by atoms with Gasteiger partial charge in [-0.05, 0) is 45.3 Å². The number of sulfonamides is 1. The van der Waals surface area contributed by atoms with E-state index < -0.39 is 52.2 Å². The van der Waals surface area contributed by atoms with Gasteiger partial charge in [-0.1, -0.05) is 11.6 Å². The van der Waals surface area contributed by atoms with Crippen molar-refractivity contribution in [1.82, 2.24) is 25.1 Å². The highest BCUT2D eigenvalue weighted by atomic mass is 35.5. The second-order valence-corrected chi connectivity index (χ2v) is 9.42. The van der Waals surface area contributed by atoms with Crippen molar-refractivity contribution in [3.8, 4) is 22.5 Å². The lowest BCUT2D eigenvalue weighted by atomic mass is 10.0. The molecule has 0 aliphatic carbocycles. The van der Waals surface area contributed by atoms with Gasteiger partial charge in [-0.15, -0.1) is 0 Å². The van der Waals surface area contributed by atoms with Gasteiger partial charge in [-0.3, -0.25) is 9.40 Å². The van der Waals surface area contributed by atoms with Gasteiger partial charge in [0, 0.05) is 55.2 Å². The van der Waals surface area contributed by atoms with E-state index in [1.54, 1.807) is 11.6 Å². The molecule has 0 radical (unpaired) electrons. The largest absolute Gasteiger partial charge is 0.453 e. The first kappa shape index (κ1) is 18.9. The van der Waals surface area contributed by atoms with Gasteiger partial charge in [0.2, 0.25) is 10.0 Å². The molecular formula is C23H28ClFN6O4S. The Kier molecular flexibility index (Phi) is 5.90. The Morgan fingerprint density at radius 3 is 2.83 bits per heavy atom. The van der Waals surface area contributed by atoms with Crippen LogP contribution < -0.4 is 10.0 Å². The third kappa shape index (κ3) is 6.91. The van der Waals surface area contributed by atoms with Gasteiger partial charge in [0.25, 0.3) is 0 Å². The summed E-state index contributed by atoms with van der Waals surface area (Å²) in [6, 6.07) is 0.731. The monoisotopic (exact) mass is 545 g/mol. The molecule has 0 spiro atoms. The number of anilines is 1. The number of hydrogen-bond acceptors (Lipinski definition) is 7. The fraction of sp³-hybridized carbons (Fsp3) is 0.391. The Balaban J connectivity index is 2.17. The van der Waals surface area contributed by atoms with Crippen molar-refractivity contribution in [3.05, 3.63) is 47.3 Å². The number of aromatic nitrogens is 4. The molecule has 3 rings (SSSR count). The van der Waals surface area contributed by atoms with E-state index in [0.29, 0.717) is 12.2 Å². The van der Waals surface area contributed by atoms with Crippen LogP contribution in [0.15, 0.2) is 30.6 Å². The van der Waals surface area contributed by atoms with E-state index in [1.165, 1.54) is 25.6 Å². The molecule has 0 aliphatic heterocycles. The highest BCUT2D eigenvalue weighted by Gasteiger charge is 2.22. The fourth-order valence-electron chi connectivity index (χ4n) is 3.26. The van der Waals surface area contributed by atoms with Crippen molar-refractivity contribution in [2.24, 2.45) is 0 Å². The van der Waals surface area contributed by atoms with Crippen LogP contribution in [0.1, 0.15) is 48.6 Å². The summed E-state index contributed by atoms with van der Waals surface area (Å²) in [4.78, 5) is 20.1. The third-order valence-corrected chi connectivity index (χ3v) is 5.63. The van der Waals surface area contributed by atoms with Crippen molar-refractivity contribution in [3.63, 3.8) is 0 Å². The van der Waals surface area contributed by atoms with E-state index in [1.807, 2.05) is 0 Å². The molecule has 1 amide bonds. The molecule has 36 heavy (non-hydrogen) atoms. The molecule has 0 saturated carbocycles. The van der Waals surface area contributed by atoms with E-state index >= 15 is 4.39 Å². The smallest absolute Gasteiger partial charge is 0.407 e. The highest BCUT2D eigenvalue weighted by Crippen LogP contribution is 2.37. The Morgan fingerprint density at radius 2 is 2.14 bits per heavy atom. The molecule has 2 aromatic heterocycles. The SMILES string of the molecule is [2H]C([2H])([2H])C([2H])(C)n1cc(-c2ccnc(CC[C@H](C)NC(=O)OC)n2)c(-c2cc(Cl)cc(NS(=O)(=O)C([2H])([2H])[2H])c2F)n1. The lowest BCUT2D eigenvalue weighted by Gasteiger charge is -2.12. The zero-order valence-corrected chi connectivity index (χ0v) is 21.0. The maximum absolute atomic E-state index is 15.9. The predicted molar refractivity (Wildman–Crippen MR) is 136 cm³/mol. The molecule has 1 aromatic carbocycles. The summed E-state index contributed by atoms with van der Waals surface area (Å²) in [6.07, 6.45) is -0.885. The number of nitrogens with zero attached hydrogens (tertiary/aromatic N) is 4. The van der Waals surface area contributed by atoms with Crippen molar-refractivity contribution in [2.45, 2.75) is 45.6 Å². The number of halogens is 2. The average Bonchev–Trinajstić information content (AvgIpc) is 3.34. The van der Waals surface area contributed by atoms with Crippen molar-refractivity contribution >= 4 is 33.4 Å². The zero-order chi connectivity index (χ0) is 32.5. The van der Waals surface area contributed by atoms with Crippen LogP contribution in [0.2, 0.25) is 5.02 Å². The molecule has 194 valence electrons. The quantitative estimate of drug-likeness (QED) is 0.407. The van der Waals surface area contributed by atoms with Gasteiger partial charge >= 0.3 is 6.09 Å². The predicted octanol–water partition coefficient (Wildman–Crippen LogP) is 4.43. The molecule has 3 aromatic rings. The minimum absolute atomic E-state index is 0.0397.